The third kappa shape index (κ3) is 6.60. The van der Waals surface area contributed by atoms with E-state index in [9.17, 15) is 9.59 Å². The van der Waals surface area contributed by atoms with Gasteiger partial charge < -0.3 is 14.4 Å². The molecule has 0 spiro atoms. The van der Waals surface area contributed by atoms with Gasteiger partial charge in [0.25, 0.3) is 0 Å². The van der Waals surface area contributed by atoms with E-state index >= 15 is 0 Å². The number of amides is 2. The number of aryl methyl sites for hydroxylation is 1. The fourth-order valence-electron chi connectivity index (χ4n) is 4.30. The normalized spacial score (nSPS) is 11.1. The van der Waals surface area contributed by atoms with Crippen LogP contribution in [0.2, 0.25) is 0 Å². The molecule has 0 bridgehead atoms. The Morgan fingerprint density at radius 3 is 1.91 bits per heavy atom. The van der Waals surface area contributed by atoms with Gasteiger partial charge in [-0.05, 0) is 35.6 Å². The quantitative estimate of drug-likeness (QED) is 0.401. The fourth-order valence-corrected chi connectivity index (χ4v) is 4.30. The zero-order chi connectivity index (χ0) is 24.5. The van der Waals surface area contributed by atoms with Crippen LogP contribution < -0.4 is 0 Å². The van der Waals surface area contributed by atoms with Gasteiger partial charge in [-0.2, -0.15) is 0 Å². The Labute approximate surface area is 204 Å². The molecule has 3 aromatic rings. The van der Waals surface area contributed by atoms with Crippen LogP contribution in [0.3, 0.4) is 0 Å². The maximum atomic E-state index is 13.9. The van der Waals surface area contributed by atoms with Crippen molar-refractivity contribution in [2.24, 2.45) is 13.0 Å². The third-order valence-corrected chi connectivity index (χ3v) is 5.99. The molecule has 0 unspecified atom stereocenters. The van der Waals surface area contributed by atoms with Crippen LogP contribution in [-0.4, -0.2) is 45.8 Å². The van der Waals surface area contributed by atoms with Gasteiger partial charge in [0.15, 0.2) is 0 Å². The van der Waals surface area contributed by atoms with Gasteiger partial charge in [0.2, 0.25) is 11.8 Å². The molecule has 0 saturated heterocycles. The molecular formula is C29H37N3O2. The van der Waals surface area contributed by atoms with E-state index in [0.717, 1.165) is 23.2 Å². The second-order valence-corrected chi connectivity index (χ2v) is 9.29. The van der Waals surface area contributed by atoms with Gasteiger partial charge in [-0.3, -0.25) is 9.59 Å². The van der Waals surface area contributed by atoms with Crippen molar-refractivity contribution < 1.29 is 9.59 Å². The van der Waals surface area contributed by atoms with Crippen LogP contribution in [0.1, 0.15) is 49.9 Å². The van der Waals surface area contributed by atoms with E-state index in [4.69, 9.17) is 0 Å². The monoisotopic (exact) mass is 459 g/mol. The van der Waals surface area contributed by atoms with Crippen LogP contribution in [0.25, 0.3) is 0 Å². The fraction of sp³-hybridized carbons (Fsp3) is 0.379. The Morgan fingerprint density at radius 1 is 0.853 bits per heavy atom. The van der Waals surface area contributed by atoms with E-state index < -0.39 is 5.92 Å². The summed E-state index contributed by atoms with van der Waals surface area (Å²) in [5.41, 5.74) is 2.96. The summed E-state index contributed by atoms with van der Waals surface area (Å²) in [6, 6.07) is 23.7. The van der Waals surface area contributed by atoms with Crippen molar-refractivity contribution in [3.05, 3.63) is 95.8 Å². The van der Waals surface area contributed by atoms with Gasteiger partial charge in [-0.15, -0.1) is 0 Å². The Bertz CT molecular complexity index is 1000. The van der Waals surface area contributed by atoms with Crippen LogP contribution in [0.15, 0.2) is 79.0 Å². The highest BCUT2D eigenvalue weighted by Gasteiger charge is 2.29. The van der Waals surface area contributed by atoms with Crippen LogP contribution >= 0.6 is 0 Å². The summed E-state index contributed by atoms with van der Waals surface area (Å²) >= 11 is 0. The van der Waals surface area contributed by atoms with Crippen LogP contribution in [0.5, 0.6) is 0 Å². The number of hydrogen-bond acceptors (Lipinski definition) is 2. The van der Waals surface area contributed by atoms with Crippen LogP contribution in [0, 0.1) is 5.92 Å². The lowest BCUT2D eigenvalue weighted by Crippen LogP contribution is -2.45. The first-order valence-electron chi connectivity index (χ1n) is 12.2. The molecule has 5 heteroatoms. The van der Waals surface area contributed by atoms with Crippen LogP contribution in [-0.2, 0) is 23.2 Å². The standard InChI is InChI=1S/C29H37N3O2/c1-5-18-31(22-27(33)32(20-23(2)3)21-26-17-12-19-30(26)4)29(34)28(24-13-8-6-9-14-24)25-15-10-7-11-16-25/h6-17,19,23,28H,5,18,20-22H2,1-4H3. The Morgan fingerprint density at radius 2 is 1.44 bits per heavy atom. The average molecular weight is 460 g/mol. The number of benzene rings is 2. The van der Waals surface area contributed by atoms with E-state index in [1.807, 2.05) is 102 Å². The van der Waals surface area contributed by atoms with Gasteiger partial charge in [0, 0.05) is 32.0 Å². The van der Waals surface area contributed by atoms with Gasteiger partial charge in [0.05, 0.1) is 19.0 Å². The number of hydrogen-bond donors (Lipinski definition) is 0. The number of rotatable bonds is 11. The summed E-state index contributed by atoms with van der Waals surface area (Å²) in [5, 5.41) is 0. The summed E-state index contributed by atoms with van der Waals surface area (Å²) in [4.78, 5) is 31.1. The Kier molecular flexibility index (Phi) is 9.08. The molecule has 2 aromatic carbocycles. The molecule has 0 radical (unpaired) electrons. The summed E-state index contributed by atoms with van der Waals surface area (Å²) in [6.07, 6.45) is 2.78. The molecule has 0 aliphatic heterocycles. The molecule has 0 saturated carbocycles. The van der Waals surface area contributed by atoms with E-state index in [1.165, 1.54) is 0 Å². The van der Waals surface area contributed by atoms with Crippen molar-refractivity contribution in [3.63, 3.8) is 0 Å². The maximum Gasteiger partial charge on any atom is 0.242 e. The average Bonchev–Trinajstić information content (AvgIpc) is 3.23. The van der Waals surface area contributed by atoms with Crippen LogP contribution in [0.4, 0.5) is 0 Å². The first-order valence-corrected chi connectivity index (χ1v) is 12.2. The molecule has 0 aliphatic rings. The van der Waals surface area contributed by atoms with Gasteiger partial charge >= 0.3 is 0 Å². The highest BCUT2D eigenvalue weighted by molar-refractivity contribution is 5.91. The summed E-state index contributed by atoms with van der Waals surface area (Å²) < 4.78 is 2.04. The summed E-state index contributed by atoms with van der Waals surface area (Å²) in [7, 11) is 1.99. The highest BCUT2D eigenvalue weighted by Crippen LogP contribution is 2.27. The molecule has 3 rings (SSSR count). The van der Waals surface area contributed by atoms with Crippen molar-refractivity contribution >= 4 is 11.8 Å². The third-order valence-electron chi connectivity index (χ3n) is 5.99. The predicted molar refractivity (Wildman–Crippen MR) is 137 cm³/mol. The lowest BCUT2D eigenvalue weighted by molar-refractivity contribution is -0.141. The van der Waals surface area contributed by atoms with E-state index in [-0.39, 0.29) is 18.4 Å². The molecule has 34 heavy (non-hydrogen) atoms. The number of nitrogens with zero attached hydrogens (tertiary/aromatic N) is 3. The molecule has 5 nitrogen and oxygen atoms in total. The van der Waals surface area contributed by atoms with Crippen molar-refractivity contribution in [1.82, 2.24) is 14.4 Å². The second kappa shape index (κ2) is 12.2. The molecule has 2 amide bonds. The molecule has 0 fully saturated rings. The van der Waals surface area contributed by atoms with Gasteiger partial charge in [0.1, 0.15) is 0 Å². The van der Waals surface area contributed by atoms with E-state index in [2.05, 4.69) is 13.8 Å². The van der Waals surface area contributed by atoms with E-state index in [0.29, 0.717) is 25.6 Å². The zero-order valence-corrected chi connectivity index (χ0v) is 20.9. The van der Waals surface area contributed by atoms with Gasteiger partial charge in [-0.25, -0.2) is 0 Å². The SMILES string of the molecule is CCCN(CC(=O)N(Cc1cccn1C)CC(C)C)C(=O)C(c1ccccc1)c1ccccc1. The highest BCUT2D eigenvalue weighted by atomic mass is 16.2. The second-order valence-electron chi connectivity index (χ2n) is 9.29. The van der Waals surface area contributed by atoms with Crippen molar-refractivity contribution in [1.29, 1.82) is 0 Å². The van der Waals surface area contributed by atoms with Gasteiger partial charge in [-0.1, -0.05) is 81.4 Å². The first kappa shape index (κ1) is 25.3. The zero-order valence-electron chi connectivity index (χ0n) is 20.9. The smallest absolute Gasteiger partial charge is 0.242 e. The molecule has 1 heterocycles. The van der Waals surface area contributed by atoms with Crippen molar-refractivity contribution in [2.45, 2.75) is 39.7 Å². The molecule has 0 aliphatic carbocycles. The Balaban J connectivity index is 1.86. The van der Waals surface area contributed by atoms with E-state index in [1.54, 1.807) is 4.90 Å². The molecule has 1 aromatic heterocycles. The van der Waals surface area contributed by atoms with Crippen molar-refractivity contribution in [3.8, 4) is 0 Å². The number of carbonyl (C=O) groups excluding carboxylic acids is 2. The molecular weight excluding hydrogens is 422 g/mol. The summed E-state index contributed by atoms with van der Waals surface area (Å²) in [6.45, 7) is 8.08. The molecule has 0 N–H and O–H groups in total. The Hall–Kier alpha value is -3.34. The first-order chi connectivity index (χ1) is 16.4. The molecule has 180 valence electrons. The maximum absolute atomic E-state index is 13.9. The largest absolute Gasteiger partial charge is 0.353 e. The molecule has 0 atom stereocenters. The topological polar surface area (TPSA) is 45.6 Å². The minimum absolute atomic E-state index is 0.0171. The lowest BCUT2D eigenvalue weighted by atomic mass is 9.90. The predicted octanol–water partition coefficient (Wildman–Crippen LogP) is 5.08. The lowest BCUT2D eigenvalue weighted by Gasteiger charge is -2.31. The number of aromatic nitrogens is 1. The van der Waals surface area contributed by atoms with Crippen molar-refractivity contribution in [2.75, 3.05) is 19.6 Å². The minimum Gasteiger partial charge on any atom is -0.353 e. The minimum atomic E-state index is -0.437. The summed E-state index contributed by atoms with van der Waals surface area (Å²) in [5.74, 6) is -0.151. The number of carbonyl (C=O) groups is 2.